The van der Waals surface area contributed by atoms with Crippen LogP contribution in [0, 0.1) is 6.92 Å². The molecule has 0 N–H and O–H groups in total. The number of ether oxygens (including phenoxy) is 1. The van der Waals surface area contributed by atoms with E-state index < -0.39 is 0 Å². The molecule has 0 spiro atoms. The van der Waals surface area contributed by atoms with Crippen LogP contribution < -0.4 is 4.74 Å². The number of thiazole rings is 1. The van der Waals surface area contributed by atoms with Crippen molar-refractivity contribution in [3.05, 3.63) is 45.9 Å². The third kappa shape index (κ3) is 2.96. The average molecular weight is 261 g/mol. The molecular weight excluding hydrogens is 246 g/mol. The van der Waals surface area contributed by atoms with E-state index in [1.165, 1.54) is 0 Å². The Kier molecular flexibility index (Phi) is 4.10. The fourth-order valence-electron chi connectivity index (χ4n) is 1.75. The summed E-state index contributed by atoms with van der Waals surface area (Å²) in [6, 6.07) is 7.78. The summed E-state index contributed by atoms with van der Waals surface area (Å²) in [6.07, 6.45) is 1.66. The molecule has 0 saturated heterocycles. The monoisotopic (exact) mass is 261 g/mol. The SMILES string of the molecule is COc1ccc(CC(C=O)c2nc(C)cs2)cc1. The lowest BCUT2D eigenvalue weighted by Crippen LogP contribution is -2.04. The first-order chi connectivity index (χ1) is 8.72. The number of aldehydes is 1. The molecule has 3 nitrogen and oxygen atoms in total. The molecule has 18 heavy (non-hydrogen) atoms. The topological polar surface area (TPSA) is 39.2 Å². The molecule has 94 valence electrons. The predicted molar refractivity (Wildman–Crippen MR) is 72.4 cm³/mol. The molecule has 0 aliphatic rings. The fraction of sp³-hybridized carbons (Fsp3) is 0.286. The highest BCUT2D eigenvalue weighted by molar-refractivity contribution is 7.09. The zero-order chi connectivity index (χ0) is 13.0. The average Bonchev–Trinajstić information content (AvgIpc) is 2.83. The number of rotatable bonds is 5. The van der Waals surface area contributed by atoms with E-state index in [-0.39, 0.29) is 5.92 Å². The van der Waals surface area contributed by atoms with Crippen LogP contribution in [0.4, 0.5) is 0 Å². The Balaban J connectivity index is 2.12. The predicted octanol–water partition coefficient (Wildman–Crippen LogP) is 2.99. The molecule has 1 aromatic heterocycles. The van der Waals surface area contributed by atoms with E-state index in [0.29, 0.717) is 6.42 Å². The number of aromatic nitrogens is 1. The second kappa shape index (κ2) is 5.78. The number of aryl methyl sites for hydroxylation is 1. The molecule has 4 heteroatoms. The number of carbonyl (C=O) groups excluding carboxylic acids is 1. The van der Waals surface area contributed by atoms with Gasteiger partial charge in [-0.2, -0.15) is 0 Å². The summed E-state index contributed by atoms with van der Waals surface area (Å²) in [7, 11) is 1.64. The summed E-state index contributed by atoms with van der Waals surface area (Å²) in [5, 5.41) is 2.86. The van der Waals surface area contributed by atoms with Gasteiger partial charge in [0.05, 0.1) is 13.0 Å². The van der Waals surface area contributed by atoms with Crippen molar-refractivity contribution in [2.24, 2.45) is 0 Å². The van der Waals surface area contributed by atoms with Gasteiger partial charge in [0, 0.05) is 11.1 Å². The van der Waals surface area contributed by atoms with E-state index in [1.807, 2.05) is 36.6 Å². The smallest absolute Gasteiger partial charge is 0.130 e. The number of benzene rings is 1. The Labute approximate surface area is 110 Å². The highest BCUT2D eigenvalue weighted by Crippen LogP contribution is 2.23. The molecule has 1 unspecified atom stereocenters. The van der Waals surface area contributed by atoms with Crippen LogP contribution in [0.5, 0.6) is 5.75 Å². The minimum atomic E-state index is -0.155. The zero-order valence-electron chi connectivity index (χ0n) is 10.4. The Hall–Kier alpha value is -1.68. The van der Waals surface area contributed by atoms with E-state index in [1.54, 1.807) is 18.4 Å². The molecule has 0 bridgehead atoms. The first kappa shape index (κ1) is 12.8. The first-order valence-electron chi connectivity index (χ1n) is 5.73. The van der Waals surface area contributed by atoms with Crippen molar-refractivity contribution in [1.82, 2.24) is 4.98 Å². The largest absolute Gasteiger partial charge is 0.497 e. The molecule has 0 radical (unpaired) electrons. The Morgan fingerprint density at radius 1 is 1.39 bits per heavy atom. The van der Waals surface area contributed by atoms with Crippen LogP contribution >= 0.6 is 11.3 Å². The molecule has 1 heterocycles. The normalized spacial score (nSPS) is 12.1. The van der Waals surface area contributed by atoms with Gasteiger partial charge in [-0.15, -0.1) is 11.3 Å². The van der Waals surface area contributed by atoms with Gasteiger partial charge in [0.25, 0.3) is 0 Å². The lowest BCUT2D eigenvalue weighted by molar-refractivity contribution is -0.109. The van der Waals surface area contributed by atoms with E-state index in [9.17, 15) is 4.79 Å². The van der Waals surface area contributed by atoms with Gasteiger partial charge in [0.2, 0.25) is 0 Å². The van der Waals surface area contributed by atoms with Crippen LogP contribution in [0.25, 0.3) is 0 Å². The van der Waals surface area contributed by atoms with E-state index in [0.717, 1.165) is 28.3 Å². The number of carbonyl (C=O) groups is 1. The standard InChI is InChI=1S/C14H15NO2S/c1-10-9-18-14(15-10)12(8-16)7-11-3-5-13(17-2)6-4-11/h3-6,8-9,12H,7H2,1-2H3. The van der Waals surface area contributed by atoms with Crippen molar-refractivity contribution in [3.63, 3.8) is 0 Å². The van der Waals surface area contributed by atoms with Gasteiger partial charge < -0.3 is 9.53 Å². The van der Waals surface area contributed by atoms with Crippen molar-refractivity contribution < 1.29 is 9.53 Å². The minimum absolute atomic E-state index is 0.155. The summed E-state index contributed by atoms with van der Waals surface area (Å²) in [4.78, 5) is 15.6. The molecule has 2 aromatic rings. The van der Waals surface area contributed by atoms with Gasteiger partial charge in [-0.3, -0.25) is 0 Å². The van der Waals surface area contributed by atoms with Crippen molar-refractivity contribution in [1.29, 1.82) is 0 Å². The third-order valence-corrected chi connectivity index (χ3v) is 3.83. The molecule has 0 aliphatic carbocycles. The van der Waals surface area contributed by atoms with Crippen molar-refractivity contribution in [2.45, 2.75) is 19.3 Å². The fourth-order valence-corrected chi connectivity index (χ4v) is 2.61. The van der Waals surface area contributed by atoms with Crippen molar-refractivity contribution in [2.75, 3.05) is 7.11 Å². The van der Waals surface area contributed by atoms with E-state index >= 15 is 0 Å². The maximum atomic E-state index is 11.2. The van der Waals surface area contributed by atoms with Crippen molar-refractivity contribution in [3.8, 4) is 5.75 Å². The number of hydrogen-bond donors (Lipinski definition) is 0. The number of methoxy groups -OCH3 is 1. The highest BCUT2D eigenvalue weighted by atomic mass is 32.1. The van der Waals surface area contributed by atoms with Crippen LogP contribution in [-0.4, -0.2) is 18.4 Å². The van der Waals surface area contributed by atoms with Crippen LogP contribution in [0.1, 0.15) is 22.2 Å². The third-order valence-electron chi connectivity index (χ3n) is 2.73. The highest BCUT2D eigenvalue weighted by Gasteiger charge is 2.14. The molecule has 2 rings (SSSR count). The minimum Gasteiger partial charge on any atom is -0.497 e. The van der Waals surface area contributed by atoms with Gasteiger partial charge >= 0.3 is 0 Å². The van der Waals surface area contributed by atoms with Crippen LogP contribution in [0.2, 0.25) is 0 Å². The quantitative estimate of drug-likeness (QED) is 0.777. The molecule has 1 aromatic carbocycles. The maximum absolute atomic E-state index is 11.2. The van der Waals surface area contributed by atoms with Gasteiger partial charge in [-0.25, -0.2) is 4.98 Å². The van der Waals surface area contributed by atoms with Crippen LogP contribution in [0.3, 0.4) is 0 Å². The lowest BCUT2D eigenvalue weighted by Gasteiger charge is -2.08. The first-order valence-corrected chi connectivity index (χ1v) is 6.61. The Morgan fingerprint density at radius 2 is 2.11 bits per heavy atom. The summed E-state index contributed by atoms with van der Waals surface area (Å²) >= 11 is 1.54. The summed E-state index contributed by atoms with van der Waals surface area (Å²) < 4.78 is 5.11. The second-order valence-corrected chi connectivity index (χ2v) is 5.01. The van der Waals surface area contributed by atoms with E-state index in [2.05, 4.69) is 4.98 Å². The lowest BCUT2D eigenvalue weighted by atomic mass is 10.0. The molecular formula is C14H15NO2S. The van der Waals surface area contributed by atoms with Gasteiger partial charge in [0.1, 0.15) is 17.0 Å². The van der Waals surface area contributed by atoms with E-state index in [4.69, 9.17) is 4.74 Å². The number of nitrogens with zero attached hydrogens (tertiary/aromatic N) is 1. The molecule has 0 fully saturated rings. The maximum Gasteiger partial charge on any atom is 0.130 e. The Bertz CT molecular complexity index is 519. The zero-order valence-corrected chi connectivity index (χ0v) is 11.2. The summed E-state index contributed by atoms with van der Waals surface area (Å²) in [6.45, 7) is 1.94. The molecule has 0 saturated carbocycles. The van der Waals surface area contributed by atoms with Gasteiger partial charge in [-0.1, -0.05) is 12.1 Å². The molecule has 1 atom stereocenters. The molecule has 0 aliphatic heterocycles. The molecule has 0 amide bonds. The van der Waals surface area contributed by atoms with Gasteiger partial charge in [-0.05, 0) is 31.0 Å². The Morgan fingerprint density at radius 3 is 2.61 bits per heavy atom. The second-order valence-electron chi connectivity index (χ2n) is 4.12. The van der Waals surface area contributed by atoms with Crippen molar-refractivity contribution >= 4 is 17.6 Å². The van der Waals surface area contributed by atoms with Crippen LogP contribution in [-0.2, 0) is 11.2 Å². The summed E-state index contributed by atoms with van der Waals surface area (Å²) in [5.74, 6) is 0.670. The number of hydrogen-bond acceptors (Lipinski definition) is 4. The summed E-state index contributed by atoms with van der Waals surface area (Å²) in [5.41, 5.74) is 2.08. The van der Waals surface area contributed by atoms with Crippen LogP contribution in [0.15, 0.2) is 29.6 Å². The van der Waals surface area contributed by atoms with Gasteiger partial charge in [0.15, 0.2) is 0 Å².